The summed E-state index contributed by atoms with van der Waals surface area (Å²) in [6.45, 7) is 0. The average molecular weight is 322 g/mol. The number of halogens is 1. The zero-order chi connectivity index (χ0) is 15.2. The number of hydrogen-bond donors (Lipinski definition) is 0. The lowest BCUT2D eigenvalue weighted by atomic mass is 10.2. The monoisotopic (exact) mass is 321 g/mol. The van der Waals surface area contributed by atoms with E-state index in [2.05, 4.69) is 0 Å². The Morgan fingerprint density at radius 1 is 1.10 bits per heavy atom. The van der Waals surface area contributed by atoms with Crippen LogP contribution in [0.1, 0.15) is 11.1 Å². The first-order valence-corrected chi connectivity index (χ1v) is 7.85. The van der Waals surface area contributed by atoms with Crippen molar-refractivity contribution in [3.63, 3.8) is 0 Å². The van der Waals surface area contributed by atoms with Gasteiger partial charge in [0.15, 0.2) is 0 Å². The van der Waals surface area contributed by atoms with E-state index in [1.807, 2.05) is 12.1 Å². The van der Waals surface area contributed by atoms with Gasteiger partial charge >= 0.3 is 0 Å². The van der Waals surface area contributed by atoms with Gasteiger partial charge in [-0.2, -0.15) is 0 Å². The number of nitrogens with zero attached hydrogens (tertiary/aromatic N) is 1. The van der Waals surface area contributed by atoms with Gasteiger partial charge in [-0.15, -0.1) is 0 Å². The summed E-state index contributed by atoms with van der Waals surface area (Å²) in [6.07, 6.45) is 1.69. The highest BCUT2D eigenvalue weighted by atomic mass is 35.5. The quantitative estimate of drug-likeness (QED) is 0.471. The number of benzene rings is 2. The van der Waals surface area contributed by atoms with Crippen LogP contribution in [-0.2, 0) is 16.9 Å². The van der Waals surface area contributed by atoms with Crippen molar-refractivity contribution in [2.45, 2.75) is 5.75 Å². The van der Waals surface area contributed by atoms with Crippen molar-refractivity contribution < 1.29 is 9.48 Å². The maximum atomic E-state index is 11.9. The first kappa shape index (κ1) is 15.6. The smallest absolute Gasteiger partial charge is 0.269 e. The minimum absolute atomic E-state index is 0.0365. The van der Waals surface area contributed by atoms with Gasteiger partial charge in [0.25, 0.3) is 5.69 Å². The molecule has 2 aromatic carbocycles. The van der Waals surface area contributed by atoms with Crippen LogP contribution in [0.25, 0.3) is 6.08 Å². The molecular formula is C15H12ClNO3S. The molecule has 0 N–H and O–H groups in total. The highest BCUT2D eigenvalue weighted by molar-refractivity contribution is 7.93. The van der Waals surface area contributed by atoms with Gasteiger partial charge in [-0.25, -0.2) is 0 Å². The second kappa shape index (κ2) is 7.26. The van der Waals surface area contributed by atoms with Crippen molar-refractivity contribution in [3.8, 4) is 0 Å². The lowest BCUT2D eigenvalue weighted by molar-refractivity contribution is -0.384. The van der Waals surface area contributed by atoms with Crippen molar-refractivity contribution in [2.24, 2.45) is 0 Å². The molecule has 0 aromatic heterocycles. The Balaban J connectivity index is 1.96. The minimum atomic E-state index is -1.15. The molecule has 0 saturated heterocycles. The molecule has 0 aliphatic heterocycles. The van der Waals surface area contributed by atoms with Crippen LogP contribution >= 0.6 is 11.6 Å². The fourth-order valence-corrected chi connectivity index (χ4v) is 2.71. The lowest BCUT2D eigenvalue weighted by Gasteiger charge is -2.05. The fourth-order valence-electron chi connectivity index (χ4n) is 1.65. The maximum absolute atomic E-state index is 11.9. The van der Waals surface area contributed by atoms with E-state index in [0.29, 0.717) is 10.8 Å². The third kappa shape index (κ3) is 4.90. The van der Waals surface area contributed by atoms with Crippen LogP contribution in [0.4, 0.5) is 5.69 Å². The Hall–Kier alpha value is -1.82. The molecule has 0 radical (unpaired) electrons. The molecule has 4 nitrogen and oxygen atoms in total. The Labute approximate surface area is 130 Å². The molecule has 1 atom stereocenters. The molecule has 0 aliphatic carbocycles. The van der Waals surface area contributed by atoms with Gasteiger partial charge in [-0.1, -0.05) is 23.7 Å². The predicted molar refractivity (Wildman–Crippen MR) is 85.4 cm³/mol. The molecule has 0 bridgehead atoms. The minimum Gasteiger partial charge on any atom is -0.612 e. The van der Waals surface area contributed by atoms with E-state index in [9.17, 15) is 14.7 Å². The van der Waals surface area contributed by atoms with E-state index in [0.717, 1.165) is 11.1 Å². The van der Waals surface area contributed by atoms with E-state index in [4.69, 9.17) is 11.6 Å². The number of nitro benzene ring substituents is 1. The first-order valence-electron chi connectivity index (χ1n) is 6.09. The number of rotatable bonds is 5. The highest BCUT2D eigenvalue weighted by Gasteiger charge is 2.05. The summed E-state index contributed by atoms with van der Waals surface area (Å²) < 4.78 is 11.9. The van der Waals surface area contributed by atoms with Gasteiger partial charge in [-0.05, 0) is 47.1 Å². The van der Waals surface area contributed by atoms with E-state index in [-0.39, 0.29) is 5.69 Å². The second-order valence-electron chi connectivity index (χ2n) is 4.30. The average Bonchev–Trinajstić information content (AvgIpc) is 2.48. The van der Waals surface area contributed by atoms with Gasteiger partial charge in [0, 0.05) is 22.7 Å². The SMILES string of the molecule is O=[N+]([O-])c1ccc(/C=C/[S+]([O-])Cc2ccc(Cl)cc2)cc1. The summed E-state index contributed by atoms with van der Waals surface area (Å²) in [5.41, 5.74) is 1.74. The Kier molecular flexibility index (Phi) is 5.38. The summed E-state index contributed by atoms with van der Waals surface area (Å²) in [5.74, 6) is 0.403. The summed E-state index contributed by atoms with van der Waals surface area (Å²) in [6, 6.07) is 13.3. The number of hydrogen-bond acceptors (Lipinski definition) is 3. The van der Waals surface area contributed by atoms with Crippen LogP contribution in [0, 0.1) is 10.1 Å². The molecule has 0 fully saturated rings. The molecule has 0 saturated carbocycles. The van der Waals surface area contributed by atoms with Crippen molar-refractivity contribution in [2.75, 3.05) is 0 Å². The Morgan fingerprint density at radius 3 is 2.29 bits per heavy atom. The van der Waals surface area contributed by atoms with Gasteiger partial charge in [0.1, 0.15) is 11.2 Å². The first-order chi connectivity index (χ1) is 10.0. The third-order valence-corrected chi connectivity index (χ3v) is 4.05. The van der Waals surface area contributed by atoms with Crippen molar-refractivity contribution in [1.82, 2.24) is 0 Å². The highest BCUT2D eigenvalue weighted by Crippen LogP contribution is 2.15. The summed E-state index contributed by atoms with van der Waals surface area (Å²) in [5, 5.41) is 12.8. The zero-order valence-electron chi connectivity index (χ0n) is 10.9. The number of non-ortho nitro benzene ring substituents is 1. The molecule has 0 heterocycles. The van der Waals surface area contributed by atoms with Crippen molar-refractivity contribution in [3.05, 3.63) is 80.2 Å². The van der Waals surface area contributed by atoms with Gasteiger partial charge < -0.3 is 4.55 Å². The zero-order valence-corrected chi connectivity index (χ0v) is 12.5. The second-order valence-corrected chi connectivity index (χ2v) is 6.06. The summed E-state index contributed by atoms with van der Waals surface area (Å²) >= 11 is 4.64. The fraction of sp³-hybridized carbons (Fsp3) is 0.0667. The normalized spacial score (nSPS) is 12.5. The van der Waals surface area contributed by atoms with Gasteiger partial charge in [0.05, 0.1) is 4.92 Å². The molecule has 0 spiro atoms. The predicted octanol–water partition coefficient (Wildman–Crippen LogP) is 4.17. The molecule has 2 rings (SSSR count). The summed E-state index contributed by atoms with van der Waals surface area (Å²) in [7, 11) is 0. The molecule has 0 amide bonds. The largest absolute Gasteiger partial charge is 0.612 e. The Morgan fingerprint density at radius 2 is 1.71 bits per heavy atom. The van der Waals surface area contributed by atoms with Gasteiger partial charge in [0.2, 0.25) is 0 Å². The lowest BCUT2D eigenvalue weighted by Crippen LogP contribution is -1.99. The molecule has 1 unspecified atom stereocenters. The van der Waals surface area contributed by atoms with Gasteiger partial charge in [-0.3, -0.25) is 10.1 Å². The van der Waals surface area contributed by atoms with E-state index >= 15 is 0 Å². The summed E-state index contributed by atoms with van der Waals surface area (Å²) in [4.78, 5) is 10.1. The number of nitro groups is 1. The topological polar surface area (TPSA) is 66.2 Å². The van der Waals surface area contributed by atoms with Crippen molar-refractivity contribution >= 4 is 34.5 Å². The van der Waals surface area contributed by atoms with E-state index in [1.165, 1.54) is 12.1 Å². The molecule has 21 heavy (non-hydrogen) atoms. The molecule has 6 heteroatoms. The van der Waals surface area contributed by atoms with Crippen LogP contribution in [0.15, 0.2) is 53.9 Å². The molecular weight excluding hydrogens is 310 g/mol. The van der Waals surface area contributed by atoms with Crippen LogP contribution in [-0.4, -0.2) is 9.48 Å². The maximum Gasteiger partial charge on any atom is 0.269 e. The standard InChI is InChI=1S/C15H12ClNO3S/c16-14-5-1-13(2-6-14)11-21(20)10-9-12-3-7-15(8-4-12)17(18)19/h1-10H,11H2/b10-9+. The van der Waals surface area contributed by atoms with Crippen LogP contribution in [0.3, 0.4) is 0 Å². The van der Waals surface area contributed by atoms with Crippen LogP contribution in [0.5, 0.6) is 0 Å². The van der Waals surface area contributed by atoms with Crippen LogP contribution in [0.2, 0.25) is 5.02 Å². The third-order valence-electron chi connectivity index (χ3n) is 2.74. The van der Waals surface area contributed by atoms with E-state index in [1.54, 1.807) is 35.7 Å². The van der Waals surface area contributed by atoms with Crippen molar-refractivity contribution in [1.29, 1.82) is 0 Å². The molecule has 0 aliphatic rings. The van der Waals surface area contributed by atoms with Crippen LogP contribution < -0.4 is 0 Å². The molecule has 108 valence electrons. The van der Waals surface area contributed by atoms with E-state index < -0.39 is 16.1 Å². The molecule has 2 aromatic rings. The Bertz CT molecular complexity index is 641.